The highest BCUT2D eigenvalue weighted by atomic mass is 16.7. The number of aldehydes is 1. The van der Waals surface area contributed by atoms with E-state index in [1.54, 1.807) is 0 Å². The molecule has 0 radical (unpaired) electrons. The van der Waals surface area contributed by atoms with E-state index in [-0.39, 0.29) is 6.79 Å². The van der Waals surface area contributed by atoms with E-state index in [0.717, 1.165) is 6.29 Å². The summed E-state index contributed by atoms with van der Waals surface area (Å²) in [7, 11) is 1.43. The van der Waals surface area contributed by atoms with Gasteiger partial charge in [0, 0.05) is 26.7 Å². The summed E-state index contributed by atoms with van der Waals surface area (Å²) in [6, 6.07) is 0. The summed E-state index contributed by atoms with van der Waals surface area (Å²) in [5.41, 5.74) is 0. The van der Waals surface area contributed by atoms with Crippen LogP contribution in [0.1, 0.15) is 12.8 Å². The van der Waals surface area contributed by atoms with E-state index in [0.29, 0.717) is 32.6 Å². The molecule has 0 aromatic carbocycles. The summed E-state index contributed by atoms with van der Waals surface area (Å²) in [5.74, 6) is 0. The number of amides is 1. The van der Waals surface area contributed by atoms with Crippen molar-refractivity contribution in [1.82, 2.24) is 5.32 Å². The molecule has 0 heterocycles. The molecule has 1 N–H and O–H groups in total. The molecule has 0 bridgehead atoms. The average Bonchev–Trinajstić information content (AvgIpc) is 2.25. The monoisotopic (exact) mass is 219 g/mol. The third-order valence-electron chi connectivity index (χ3n) is 1.43. The van der Waals surface area contributed by atoms with Gasteiger partial charge in [0.2, 0.25) is 0 Å². The first kappa shape index (κ1) is 13.9. The zero-order valence-corrected chi connectivity index (χ0v) is 8.86. The highest BCUT2D eigenvalue weighted by molar-refractivity contribution is 5.66. The first-order valence-electron chi connectivity index (χ1n) is 4.72. The van der Waals surface area contributed by atoms with Gasteiger partial charge in [-0.05, 0) is 6.42 Å². The van der Waals surface area contributed by atoms with Crippen molar-refractivity contribution in [3.05, 3.63) is 0 Å². The molecule has 6 heteroatoms. The van der Waals surface area contributed by atoms with Gasteiger partial charge >= 0.3 is 6.09 Å². The number of hydrogen-bond donors (Lipinski definition) is 1. The summed E-state index contributed by atoms with van der Waals surface area (Å²) >= 11 is 0. The molecule has 0 aliphatic rings. The maximum atomic E-state index is 10.8. The molecular weight excluding hydrogens is 202 g/mol. The first-order valence-corrected chi connectivity index (χ1v) is 4.72. The Kier molecular flexibility index (Phi) is 10.1. The van der Waals surface area contributed by atoms with Crippen LogP contribution in [0.4, 0.5) is 4.79 Å². The van der Waals surface area contributed by atoms with E-state index >= 15 is 0 Å². The van der Waals surface area contributed by atoms with Gasteiger partial charge in [0.15, 0.2) is 6.79 Å². The topological polar surface area (TPSA) is 73.9 Å². The van der Waals surface area contributed by atoms with Crippen molar-refractivity contribution in [2.75, 3.05) is 33.7 Å². The van der Waals surface area contributed by atoms with Gasteiger partial charge in [0.05, 0.1) is 6.61 Å². The van der Waals surface area contributed by atoms with E-state index in [9.17, 15) is 9.59 Å². The molecule has 0 saturated heterocycles. The van der Waals surface area contributed by atoms with Crippen LogP contribution in [0.2, 0.25) is 0 Å². The van der Waals surface area contributed by atoms with Gasteiger partial charge in [-0.3, -0.25) is 0 Å². The molecule has 0 saturated carbocycles. The summed E-state index contributed by atoms with van der Waals surface area (Å²) < 4.78 is 14.2. The van der Waals surface area contributed by atoms with Gasteiger partial charge in [-0.25, -0.2) is 4.79 Å². The van der Waals surface area contributed by atoms with E-state index in [1.807, 2.05) is 0 Å². The molecule has 6 nitrogen and oxygen atoms in total. The van der Waals surface area contributed by atoms with Crippen LogP contribution in [0.15, 0.2) is 0 Å². The number of carbonyl (C=O) groups excluding carboxylic acids is 2. The smallest absolute Gasteiger partial charge is 0.409 e. The molecule has 0 aliphatic heterocycles. The SMILES string of the molecule is COCOC(=O)NCCOCCCC=O. The van der Waals surface area contributed by atoms with Crippen molar-refractivity contribution in [1.29, 1.82) is 0 Å². The van der Waals surface area contributed by atoms with E-state index < -0.39 is 6.09 Å². The lowest BCUT2D eigenvalue weighted by molar-refractivity contribution is -0.108. The molecule has 0 rings (SSSR count). The van der Waals surface area contributed by atoms with Crippen LogP contribution in [0.3, 0.4) is 0 Å². The molecule has 0 atom stereocenters. The quantitative estimate of drug-likeness (QED) is 0.343. The predicted octanol–water partition coefficient (Wildman–Crippen LogP) is 0.312. The van der Waals surface area contributed by atoms with Crippen molar-refractivity contribution in [3.63, 3.8) is 0 Å². The lowest BCUT2D eigenvalue weighted by atomic mass is 10.3. The molecule has 0 aromatic heterocycles. The largest absolute Gasteiger partial charge is 0.422 e. The number of ether oxygens (including phenoxy) is 3. The number of methoxy groups -OCH3 is 1. The Labute approximate surface area is 88.9 Å². The molecule has 0 aliphatic carbocycles. The molecule has 15 heavy (non-hydrogen) atoms. The summed E-state index contributed by atoms with van der Waals surface area (Å²) in [6.45, 7) is 1.24. The molecule has 0 unspecified atom stereocenters. The van der Waals surface area contributed by atoms with E-state index in [4.69, 9.17) is 4.74 Å². The number of nitrogens with one attached hydrogen (secondary N) is 1. The minimum Gasteiger partial charge on any atom is -0.422 e. The third kappa shape index (κ3) is 10.8. The zero-order chi connectivity index (χ0) is 11.4. The molecular formula is C9H17NO5. The van der Waals surface area contributed by atoms with Gasteiger partial charge in [-0.1, -0.05) is 0 Å². The van der Waals surface area contributed by atoms with Gasteiger partial charge in [-0.2, -0.15) is 0 Å². The third-order valence-corrected chi connectivity index (χ3v) is 1.43. The second-order valence-electron chi connectivity index (χ2n) is 2.69. The minimum absolute atomic E-state index is 0.0635. The van der Waals surface area contributed by atoms with Gasteiger partial charge < -0.3 is 24.3 Å². The lowest BCUT2D eigenvalue weighted by Gasteiger charge is -2.06. The minimum atomic E-state index is -0.534. The second-order valence-corrected chi connectivity index (χ2v) is 2.69. The lowest BCUT2D eigenvalue weighted by Crippen LogP contribution is -2.28. The Morgan fingerprint density at radius 3 is 2.87 bits per heavy atom. The Balaban J connectivity index is 3.09. The van der Waals surface area contributed by atoms with Crippen molar-refractivity contribution < 1.29 is 23.8 Å². The number of rotatable bonds is 9. The highest BCUT2D eigenvalue weighted by Crippen LogP contribution is 1.85. The fourth-order valence-corrected chi connectivity index (χ4v) is 0.760. The van der Waals surface area contributed by atoms with Crippen LogP contribution < -0.4 is 5.32 Å². The van der Waals surface area contributed by atoms with Crippen molar-refractivity contribution in [2.24, 2.45) is 0 Å². The van der Waals surface area contributed by atoms with Crippen LogP contribution in [0.5, 0.6) is 0 Å². The first-order chi connectivity index (χ1) is 7.31. The Morgan fingerprint density at radius 2 is 2.20 bits per heavy atom. The highest BCUT2D eigenvalue weighted by Gasteiger charge is 1.98. The molecule has 88 valence electrons. The molecule has 0 fully saturated rings. The van der Waals surface area contributed by atoms with Crippen molar-refractivity contribution in [3.8, 4) is 0 Å². The summed E-state index contributed by atoms with van der Waals surface area (Å²) in [4.78, 5) is 20.8. The van der Waals surface area contributed by atoms with Crippen LogP contribution >= 0.6 is 0 Å². The number of alkyl carbamates (subject to hydrolysis) is 1. The maximum Gasteiger partial charge on any atom is 0.409 e. The van der Waals surface area contributed by atoms with Crippen LogP contribution in [0.25, 0.3) is 0 Å². The number of carbonyl (C=O) groups is 2. The molecule has 0 spiro atoms. The van der Waals surface area contributed by atoms with Gasteiger partial charge in [-0.15, -0.1) is 0 Å². The normalized spacial score (nSPS) is 9.67. The predicted molar refractivity (Wildman–Crippen MR) is 52.5 cm³/mol. The fraction of sp³-hybridized carbons (Fsp3) is 0.778. The zero-order valence-electron chi connectivity index (χ0n) is 8.86. The Morgan fingerprint density at radius 1 is 1.40 bits per heavy atom. The molecule has 1 amide bonds. The number of unbranched alkanes of at least 4 members (excludes halogenated alkanes) is 1. The standard InChI is InChI=1S/C9H17NO5/c1-13-8-15-9(12)10-4-7-14-6-3-2-5-11/h5H,2-4,6-8H2,1H3,(H,10,12). The van der Waals surface area contributed by atoms with Crippen molar-refractivity contribution in [2.45, 2.75) is 12.8 Å². The Hall–Kier alpha value is -1.14. The van der Waals surface area contributed by atoms with Crippen LogP contribution in [0, 0.1) is 0 Å². The van der Waals surface area contributed by atoms with Crippen LogP contribution in [-0.2, 0) is 19.0 Å². The Bertz CT molecular complexity index is 174. The average molecular weight is 219 g/mol. The van der Waals surface area contributed by atoms with E-state index in [2.05, 4.69) is 14.8 Å². The summed E-state index contributed by atoms with van der Waals surface area (Å²) in [6.07, 6.45) is 1.53. The maximum absolute atomic E-state index is 10.8. The van der Waals surface area contributed by atoms with Crippen molar-refractivity contribution >= 4 is 12.4 Å². The van der Waals surface area contributed by atoms with Crippen LogP contribution in [-0.4, -0.2) is 46.0 Å². The second kappa shape index (κ2) is 10.9. The fourth-order valence-electron chi connectivity index (χ4n) is 0.760. The van der Waals surface area contributed by atoms with Gasteiger partial charge in [0.1, 0.15) is 6.29 Å². The summed E-state index contributed by atoms with van der Waals surface area (Å²) in [5, 5.41) is 2.47. The number of hydrogen-bond acceptors (Lipinski definition) is 5. The van der Waals surface area contributed by atoms with Gasteiger partial charge in [0.25, 0.3) is 0 Å². The molecule has 0 aromatic rings. The van der Waals surface area contributed by atoms with E-state index in [1.165, 1.54) is 7.11 Å².